The number of anilines is 1. The van der Waals surface area contributed by atoms with E-state index in [9.17, 15) is 0 Å². The lowest BCUT2D eigenvalue weighted by Crippen LogP contribution is -2.07. The molecule has 0 saturated heterocycles. The molecule has 3 aromatic rings. The fraction of sp³-hybridized carbons (Fsp3) is 0.409. The summed E-state index contributed by atoms with van der Waals surface area (Å²) >= 11 is 0. The molecule has 0 saturated carbocycles. The number of nitrogens with two attached hydrogens (primary N) is 1. The molecule has 0 aliphatic carbocycles. The number of ether oxygens (including phenoxy) is 1. The van der Waals surface area contributed by atoms with Crippen LogP contribution >= 0.6 is 0 Å². The van der Waals surface area contributed by atoms with Crippen LogP contribution in [0.15, 0.2) is 30.3 Å². The van der Waals surface area contributed by atoms with Crippen LogP contribution in [0.2, 0.25) is 0 Å². The first kappa shape index (κ1) is 17.0. The fourth-order valence-corrected chi connectivity index (χ4v) is 3.69. The highest BCUT2D eigenvalue weighted by atomic mass is 16.5. The van der Waals surface area contributed by atoms with Gasteiger partial charge >= 0.3 is 0 Å². The molecule has 1 aliphatic rings. The Balaban J connectivity index is 1.75. The highest BCUT2D eigenvalue weighted by Crippen LogP contribution is 2.29. The van der Waals surface area contributed by atoms with E-state index in [1.807, 2.05) is 6.07 Å². The second kappa shape index (κ2) is 6.67. The number of nitrogens with zero attached hydrogens (tertiary/aromatic N) is 2. The molecule has 0 bridgehead atoms. The van der Waals surface area contributed by atoms with Crippen molar-refractivity contribution in [3.63, 3.8) is 0 Å². The average molecular weight is 349 g/mol. The molecule has 136 valence electrons. The van der Waals surface area contributed by atoms with Gasteiger partial charge in [0.15, 0.2) is 0 Å². The molecule has 0 atom stereocenters. The van der Waals surface area contributed by atoms with Crippen LogP contribution < -0.4 is 10.5 Å². The maximum Gasteiger partial charge on any atom is 0.122 e. The standard InChI is InChI=1S/C22H27N3O/c1-14(2)8-10-25-19-6-5-18(23)15(3)22(19)24-21(25)13-16-4-7-20-17(12-16)9-11-26-20/h4-7,12,14H,8-11,13,23H2,1-3H3. The van der Waals surface area contributed by atoms with Gasteiger partial charge in [0.1, 0.15) is 11.6 Å². The molecule has 0 fully saturated rings. The molecule has 4 heteroatoms. The summed E-state index contributed by atoms with van der Waals surface area (Å²) in [6.45, 7) is 8.38. The van der Waals surface area contributed by atoms with E-state index in [1.165, 1.54) is 16.6 Å². The van der Waals surface area contributed by atoms with E-state index in [1.54, 1.807) is 0 Å². The molecular weight excluding hydrogens is 322 g/mol. The lowest BCUT2D eigenvalue weighted by atomic mass is 10.1. The number of aromatic nitrogens is 2. The van der Waals surface area contributed by atoms with Crippen LogP contribution in [0.5, 0.6) is 5.75 Å². The van der Waals surface area contributed by atoms with Crippen LogP contribution in [-0.4, -0.2) is 16.2 Å². The molecular formula is C22H27N3O. The zero-order chi connectivity index (χ0) is 18.3. The van der Waals surface area contributed by atoms with E-state index in [0.717, 1.165) is 60.8 Å². The first-order valence-corrected chi connectivity index (χ1v) is 9.51. The number of hydrogen-bond acceptors (Lipinski definition) is 3. The van der Waals surface area contributed by atoms with Crippen molar-refractivity contribution in [1.82, 2.24) is 9.55 Å². The summed E-state index contributed by atoms with van der Waals surface area (Å²) < 4.78 is 8.01. The second-order valence-corrected chi connectivity index (χ2v) is 7.73. The number of hydrogen-bond donors (Lipinski definition) is 1. The molecule has 2 heterocycles. The van der Waals surface area contributed by atoms with Gasteiger partial charge in [-0.2, -0.15) is 0 Å². The van der Waals surface area contributed by atoms with Crippen LogP contribution in [0, 0.1) is 12.8 Å². The molecule has 0 radical (unpaired) electrons. The smallest absolute Gasteiger partial charge is 0.122 e. The van der Waals surface area contributed by atoms with Gasteiger partial charge in [-0.15, -0.1) is 0 Å². The Morgan fingerprint density at radius 1 is 1.23 bits per heavy atom. The minimum Gasteiger partial charge on any atom is -0.493 e. The SMILES string of the molecule is Cc1c(N)ccc2c1nc(Cc1ccc3c(c1)CCO3)n2CCC(C)C. The van der Waals surface area contributed by atoms with Crippen molar-refractivity contribution in [2.45, 2.75) is 46.6 Å². The zero-order valence-corrected chi connectivity index (χ0v) is 15.9. The maximum absolute atomic E-state index is 6.12. The van der Waals surface area contributed by atoms with E-state index < -0.39 is 0 Å². The van der Waals surface area contributed by atoms with E-state index in [-0.39, 0.29) is 0 Å². The summed E-state index contributed by atoms with van der Waals surface area (Å²) in [6, 6.07) is 10.7. The van der Waals surface area contributed by atoms with Crippen molar-refractivity contribution in [1.29, 1.82) is 0 Å². The van der Waals surface area contributed by atoms with Gasteiger partial charge in [-0.25, -0.2) is 4.98 Å². The zero-order valence-electron chi connectivity index (χ0n) is 15.9. The van der Waals surface area contributed by atoms with Crippen molar-refractivity contribution in [3.8, 4) is 5.75 Å². The van der Waals surface area contributed by atoms with E-state index in [0.29, 0.717) is 5.92 Å². The van der Waals surface area contributed by atoms with Gasteiger partial charge in [-0.3, -0.25) is 0 Å². The number of rotatable bonds is 5. The minimum atomic E-state index is 0.660. The molecule has 1 aromatic heterocycles. The van der Waals surface area contributed by atoms with Gasteiger partial charge in [0.05, 0.1) is 17.6 Å². The summed E-state index contributed by atoms with van der Waals surface area (Å²) in [5, 5.41) is 0. The van der Waals surface area contributed by atoms with Crippen LogP contribution in [0.1, 0.15) is 42.8 Å². The van der Waals surface area contributed by atoms with E-state index in [2.05, 4.69) is 49.6 Å². The largest absolute Gasteiger partial charge is 0.493 e. The lowest BCUT2D eigenvalue weighted by Gasteiger charge is -2.12. The summed E-state index contributed by atoms with van der Waals surface area (Å²) in [7, 11) is 0. The quantitative estimate of drug-likeness (QED) is 0.690. The molecule has 1 aliphatic heterocycles. The van der Waals surface area contributed by atoms with Crippen LogP contribution in [-0.2, 0) is 19.4 Å². The summed E-state index contributed by atoms with van der Waals surface area (Å²) in [5.74, 6) is 2.81. The van der Waals surface area contributed by atoms with Crippen LogP contribution in [0.3, 0.4) is 0 Å². The molecule has 0 unspecified atom stereocenters. The Morgan fingerprint density at radius 2 is 2.08 bits per heavy atom. The third-order valence-corrected chi connectivity index (χ3v) is 5.34. The second-order valence-electron chi connectivity index (χ2n) is 7.73. The molecule has 0 spiro atoms. The molecule has 4 rings (SSSR count). The van der Waals surface area contributed by atoms with Crippen molar-refractivity contribution >= 4 is 16.7 Å². The predicted molar refractivity (Wildman–Crippen MR) is 107 cm³/mol. The third kappa shape index (κ3) is 3.05. The lowest BCUT2D eigenvalue weighted by molar-refractivity contribution is 0.357. The average Bonchev–Trinajstić information content (AvgIpc) is 3.20. The van der Waals surface area contributed by atoms with Gasteiger partial charge < -0.3 is 15.0 Å². The maximum atomic E-state index is 6.12. The van der Waals surface area contributed by atoms with Crippen molar-refractivity contribution < 1.29 is 4.74 Å². The fourth-order valence-electron chi connectivity index (χ4n) is 3.69. The Hall–Kier alpha value is -2.49. The summed E-state index contributed by atoms with van der Waals surface area (Å²) in [6.07, 6.45) is 2.97. The Labute approximate surface area is 155 Å². The Kier molecular flexibility index (Phi) is 4.35. The molecule has 2 aromatic carbocycles. The molecule has 2 N–H and O–H groups in total. The van der Waals surface area contributed by atoms with Crippen molar-refractivity contribution in [2.24, 2.45) is 5.92 Å². The van der Waals surface area contributed by atoms with E-state index >= 15 is 0 Å². The van der Waals surface area contributed by atoms with E-state index in [4.69, 9.17) is 15.5 Å². The number of nitrogen functional groups attached to an aromatic ring is 1. The summed E-state index contributed by atoms with van der Waals surface area (Å²) in [5.41, 5.74) is 12.8. The van der Waals surface area contributed by atoms with Crippen LogP contribution in [0.25, 0.3) is 11.0 Å². The monoisotopic (exact) mass is 349 g/mol. The third-order valence-electron chi connectivity index (χ3n) is 5.34. The first-order chi connectivity index (χ1) is 12.5. The van der Waals surface area contributed by atoms with Gasteiger partial charge in [-0.1, -0.05) is 26.0 Å². The van der Waals surface area contributed by atoms with Gasteiger partial charge in [0.2, 0.25) is 0 Å². The predicted octanol–water partition coefficient (Wildman–Crippen LogP) is 4.50. The van der Waals surface area contributed by atoms with Gasteiger partial charge in [-0.05, 0) is 54.2 Å². The number of benzene rings is 2. The van der Waals surface area contributed by atoms with Crippen molar-refractivity contribution in [3.05, 3.63) is 52.8 Å². The minimum absolute atomic E-state index is 0.660. The topological polar surface area (TPSA) is 53.1 Å². The highest BCUT2D eigenvalue weighted by Gasteiger charge is 2.17. The van der Waals surface area contributed by atoms with Gasteiger partial charge in [0, 0.05) is 25.1 Å². The molecule has 26 heavy (non-hydrogen) atoms. The number of aryl methyl sites for hydroxylation is 2. The Morgan fingerprint density at radius 3 is 2.88 bits per heavy atom. The molecule has 0 amide bonds. The summed E-state index contributed by atoms with van der Waals surface area (Å²) in [4.78, 5) is 4.99. The normalized spacial score (nSPS) is 13.4. The molecule has 4 nitrogen and oxygen atoms in total. The number of fused-ring (bicyclic) bond motifs is 2. The number of imidazole rings is 1. The first-order valence-electron chi connectivity index (χ1n) is 9.51. The van der Waals surface area contributed by atoms with Crippen LogP contribution in [0.4, 0.5) is 5.69 Å². The van der Waals surface area contributed by atoms with Crippen molar-refractivity contribution in [2.75, 3.05) is 12.3 Å². The van der Waals surface area contributed by atoms with Gasteiger partial charge in [0.25, 0.3) is 0 Å². The Bertz CT molecular complexity index is 956. The highest BCUT2D eigenvalue weighted by molar-refractivity contribution is 5.84.